The molecular formula is C21H22FNO5S. The maximum absolute atomic E-state index is 13.1. The largest absolute Gasteiger partial charge is 0.456 e. The quantitative estimate of drug-likeness (QED) is 0.531. The highest BCUT2D eigenvalue weighted by molar-refractivity contribution is 7.89. The summed E-state index contributed by atoms with van der Waals surface area (Å²) < 4.78 is 45.0. The molecule has 1 aliphatic heterocycles. The number of rotatable bonds is 6. The number of hydrogen-bond acceptors (Lipinski definition) is 5. The Morgan fingerprint density at radius 2 is 1.83 bits per heavy atom. The molecule has 0 aromatic heterocycles. The van der Waals surface area contributed by atoms with E-state index in [2.05, 4.69) is 0 Å². The van der Waals surface area contributed by atoms with E-state index in [1.54, 1.807) is 19.1 Å². The number of halogens is 1. The molecule has 0 aliphatic carbocycles. The van der Waals surface area contributed by atoms with E-state index in [0.717, 1.165) is 39.7 Å². The fraction of sp³-hybridized carbons (Fsp3) is 0.333. The molecule has 0 amide bonds. The number of ether oxygens (including phenoxy) is 1. The Labute approximate surface area is 169 Å². The average Bonchev–Trinajstić information content (AvgIpc) is 3.17. The lowest BCUT2D eigenvalue weighted by Crippen LogP contribution is -2.41. The number of esters is 1. The summed E-state index contributed by atoms with van der Waals surface area (Å²) in [5.74, 6) is -1.65. The Balaban J connectivity index is 1.70. The van der Waals surface area contributed by atoms with Crippen LogP contribution in [0.15, 0.2) is 47.4 Å². The molecule has 1 saturated heterocycles. The first-order chi connectivity index (χ1) is 13.7. The van der Waals surface area contributed by atoms with Crippen molar-refractivity contribution in [1.82, 2.24) is 4.31 Å². The van der Waals surface area contributed by atoms with E-state index in [-0.39, 0.29) is 17.2 Å². The van der Waals surface area contributed by atoms with Crippen molar-refractivity contribution in [2.45, 2.75) is 37.6 Å². The summed E-state index contributed by atoms with van der Waals surface area (Å²) in [6.45, 7) is 3.42. The van der Waals surface area contributed by atoms with Crippen LogP contribution in [0.1, 0.15) is 34.3 Å². The van der Waals surface area contributed by atoms with Gasteiger partial charge in [-0.3, -0.25) is 9.59 Å². The van der Waals surface area contributed by atoms with E-state index in [1.807, 2.05) is 13.0 Å². The monoisotopic (exact) mass is 419 g/mol. The van der Waals surface area contributed by atoms with Gasteiger partial charge in [-0.15, -0.1) is 0 Å². The topological polar surface area (TPSA) is 80.8 Å². The lowest BCUT2D eigenvalue weighted by molar-refractivity contribution is -0.146. The van der Waals surface area contributed by atoms with Gasteiger partial charge >= 0.3 is 5.97 Å². The van der Waals surface area contributed by atoms with Gasteiger partial charge < -0.3 is 4.74 Å². The van der Waals surface area contributed by atoms with E-state index in [0.29, 0.717) is 18.4 Å². The van der Waals surface area contributed by atoms with Crippen molar-refractivity contribution in [3.05, 3.63) is 65.0 Å². The number of carbonyl (C=O) groups is 2. The summed E-state index contributed by atoms with van der Waals surface area (Å²) in [7, 11) is -3.97. The van der Waals surface area contributed by atoms with Crippen LogP contribution in [0, 0.1) is 19.7 Å². The smallest absolute Gasteiger partial charge is 0.324 e. The molecule has 154 valence electrons. The minimum Gasteiger partial charge on any atom is -0.456 e. The van der Waals surface area contributed by atoms with Gasteiger partial charge in [0.2, 0.25) is 15.8 Å². The molecule has 0 unspecified atom stereocenters. The number of carbonyl (C=O) groups excluding carboxylic acids is 2. The van der Waals surface area contributed by atoms with Gasteiger partial charge in [-0.25, -0.2) is 12.8 Å². The predicted molar refractivity (Wildman–Crippen MR) is 105 cm³/mol. The molecule has 0 saturated carbocycles. The first-order valence-corrected chi connectivity index (χ1v) is 10.7. The second kappa shape index (κ2) is 8.42. The van der Waals surface area contributed by atoms with Crippen LogP contribution in [0.4, 0.5) is 4.39 Å². The molecule has 0 radical (unpaired) electrons. The number of Topliss-reactive ketones (excluding diaryl/α,β-unsaturated/α-hetero) is 1. The first-order valence-electron chi connectivity index (χ1n) is 9.24. The maximum atomic E-state index is 13.1. The lowest BCUT2D eigenvalue weighted by atomic mass is 10.0. The molecule has 1 fully saturated rings. The third kappa shape index (κ3) is 4.54. The van der Waals surface area contributed by atoms with E-state index in [1.165, 1.54) is 0 Å². The number of hydrogen-bond donors (Lipinski definition) is 0. The summed E-state index contributed by atoms with van der Waals surface area (Å²) in [5, 5.41) is 0. The highest BCUT2D eigenvalue weighted by Crippen LogP contribution is 2.27. The van der Waals surface area contributed by atoms with Gasteiger partial charge in [-0.05, 0) is 56.5 Å². The van der Waals surface area contributed by atoms with Crippen molar-refractivity contribution in [1.29, 1.82) is 0 Å². The number of ketones is 1. The van der Waals surface area contributed by atoms with Gasteiger partial charge in [0, 0.05) is 12.1 Å². The Hall–Kier alpha value is -2.58. The molecule has 8 heteroatoms. The standard InChI is InChI=1S/C21H22FNO5S/c1-14-5-10-18(15(2)12-14)20(24)13-28-21(25)19-4-3-11-23(19)29(26,27)17-8-6-16(22)7-9-17/h5-10,12,19H,3-4,11,13H2,1-2H3/t19-/m0/s1. The second-order valence-corrected chi connectivity index (χ2v) is 8.97. The van der Waals surface area contributed by atoms with Crippen LogP contribution < -0.4 is 0 Å². The average molecular weight is 419 g/mol. The van der Waals surface area contributed by atoms with Gasteiger partial charge in [0.15, 0.2) is 6.61 Å². The summed E-state index contributed by atoms with van der Waals surface area (Å²) >= 11 is 0. The Bertz CT molecular complexity index is 1030. The minimum atomic E-state index is -3.97. The van der Waals surface area contributed by atoms with Gasteiger partial charge in [0.05, 0.1) is 4.90 Å². The van der Waals surface area contributed by atoms with E-state index >= 15 is 0 Å². The van der Waals surface area contributed by atoms with E-state index < -0.39 is 34.5 Å². The van der Waals surface area contributed by atoms with Gasteiger partial charge in [0.1, 0.15) is 11.9 Å². The zero-order valence-corrected chi connectivity index (χ0v) is 17.0. The molecule has 1 heterocycles. The van der Waals surface area contributed by atoms with Gasteiger partial charge in [-0.2, -0.15) is 4.31 Å². The van der Waals surface area contributed by atoms with Crippen LogP contribution in [0.5, 0.6) is 0 Å². The summed E-state index contributed by atoms with van der Waals surface area (Å²) in [4.78, 5) is 24.8. The molecular weight excluding hydrogens is 397 g/mol. The minimum absolute atomic E-state index is 0.0926. The van der Waals surface area contributed by atoms with Crippen molar-refractivity contribution in [3.8, 4) is 0 Å². The number of aryl methyl sites for hydroxylation is 2. The maximum Gasteiger partial charge on any atom is 0.324 e. The second-order valence-electron chi connectivity index (χ2n) is 7.08. The first kappa shape index (κ1) is 21.1. The highest BCUT2D eigenvalue weighted by Gasteiger charge is 2.40. The Morgan fingerprint density at radius 3 is 2.48 bits per heavy atom. The molecule has 3 rings (SSSR count). The number of nitrogens with zero attached hydrogens (tertiary/aromatic N) is 1. The summed E-state index contributed by atoms with van der Waals surface area (Å²) in [5.41, 5.74) is 2.27. The van der Waals surface area contributed by atoms with Crippen molar-refractivity contribution in [2.24, 2.45) is 0 Å². The zero-order chi connectivity index (χ0) is 21.2. The van der Waals surface area contributed by atoms with Crippen LogP contribution in [-0.4, -0.2) is 43.7 Å². The third-order valence-electron chi connectivity index (χ3n) is 4.92. The van der Waals surface area contributed by atoms with Crippen molar-refractivity contribution < 1.29 is 27.1 Å². The normalized spacial score (nSPS) is 17.3. The Morgan fingerprint density at radius 1 is 1.14 bits per heavy atom. The molecule has 29 heavy (non-hydrogen) atoms. The highest BCUT2D eigenvalue weighted by atomic mass is 32.2. The molecule has 0 N–H and O–H groups in total. The van der Waals surface area contributed by atoms with Crippen LogP contribution in [0.3, 0.4) is 0 Å². The van der Waals surface area contributed by atoms with E-state index in [4.69, 9.17) is 4.74 Å². The van der Waals surface area contributed by atoms with Crippen LogP contribution >= 0.6 is 0 Å². The van der Waals surface area contributed by atoms with Crippen molar-refractivity contribution >= 4 is 21.8 Å². The lowest BCUT2D eigenvalue weighted by Gasteiger charge is -2.22. The zero-order valence-electron chi connectivity index (χ0n) is 16.2. The molecule has 2 aromatic rings. The molecule has 0 bridgehead atoms. The fourth-order valence-corrected chi connectivity index (χ4v) is 5.09. The molecule has 0 spiro atoms. The van der Waals surface area contributed by atoms with Crippen LogP contribution in [0.25, 0.3) is 0 Å². The SMILES string of the molecule is Cc1ccc(C(=O)COC(=O)[C@@H]2CCCN2S(=O)(=O)c2ccc(F)cc2)c(C)c1. The number of benzene rings is 2. The van der Waals surface area contributed by atoms with Crippen molar-refractivity contribution in [3.63, 3.8) is 0 Å². The predicted octanol–water partition coefficient (Wildman–Crippen LogP) is 3.02. The molecule has 1 aliphatic rings. The van der Waals surface area contributed by atoms with Crippen LogP contribution in [-0.2, 0) is 19.6 Å². The molecule has 1 atom stereocenters. The third-order valence-corrected chi connectivity index (χ3v) is 6.85. The molecule has 6 nitrogen and oxygen atoms in total. The summed E-state index contributed by atoms with van der Waals surface area (Å²) in [6, 6.07) is 8.78. The van der Waals surface area contributed by atoms with Gasteiger partial charge in [-0.1, -0.05) is 23.8 Å². The van der Waals surface area contributed by atoms with Crippen molar-refractivity contribution in [2.75, 3.05) is 13.2 Å². The van der Waals surface area contributed by atoms with Crippen LogP contribution in [0.2, 0.25) is 0 Å². The number of sulfonamides is 1. The Kier molecular flexibility index (Phi) is 6.14. The molecule has 2 aromatic carbocycles. The van der Waals surface area contributed by atoms with Gasteiger partial charge in [0.25, 0.3) is 0 Å². The summed E-state index contributed by atoms with van der Waals surface area (Å²) in [6.07, 6.45) is 0.794. The van der Waals surface area contributed by atoms with E-state index in [9.17, 15) is 22.4 Å². The fourth-order valence-electron chi connectivity index (χ4n) is 3.44.